The van der Waals surface area contributed by atoms with Gasteiger partial charge in [-0.25, -0.2) is 0 Å². The lowest BCUT2D eigenvalue weighted by Crippen LogP contribution is -2.52. The number of aromatic nitrogens is 3. The second-order valence-electron chi connectivity index (χ2n) is 4.84. The van der Waals surface area contributed by atoms with Gasteiger partial charge in [-0.15, -0.1) is 34.3 Å². The van der Waals surface area contributed by atoms with Crippen LogP contribution in [0.15, 0.2) is 0 Å². The van der Waals surface area contributed by atoms with Gasteiger partial charge in [0, 0.05) is 27.4 Å². The molecule has 0 aliphatic carbocycles. The quantitative estimate of drug-likeness (QED) is 0.0784. The van der Waals surface area contributed by atoms with E-state index in [1.54, 1.807) is 0 Å². The van der Waals surface area contributed by atoms with Gasteiger partial charge in [-0.05, 0) is 0 Å². The molecule has 0 fully saturated rings. The van der Waals surface area contributed by atoms with Crippen LogP contribution in [0.25, 0.3) is 0 Å². The van der Waals surface area contributed by atoms with Crippen molar-refractivity contribution in [2.24, 2.45) is 0 Å². The van der Waals surface area contributed by atoms with Gasteiger partial charge in [-0.3, -0.25) is 0 Å². The third-order valence-electron chi connectivity index (χ3n) is 2.50. The number of nitrogen functional groups attached to an aromatic ring is 3. The maximum absolute atomic E-state index is 10.9. The lowest BCUT2D eigenvalue weighted by atomic mass is 10.7. The number of rotatable bonds is 15. The summed E-state index contributed by atoms with van der Waals surface area (Å²) in [5.74, 6) is 0.125. The summed E-state index contributed by atoms with van der Waals surface area (Å²) in [5, 5.41) is 0. The van der Waals surface area contributed by atoms with E-state index in [-0.39, 0.29) is 22.7 Å². The zero-order chi connectivity index (χ0) is 28.9. The fourth-order valence-corrected chi connectivity index (χ4v) is 3.61. The van der Waals surface area contributed by atoms with Crippen LogP contribution in [0.1, 0.15) is 0 Å². The Kier molecular flexibility index (Phi) is 17.2. The minimum Gasteiger partial charge on any atom is -0.368 e. The van der Waals surface area contributed by atoms with Gasteiger partial charge in [0.2, 0.25) is 17.8 Å². The fraction of sp³-hybridized carbons (Fsp3) is 0.500. The average Bonchev–Trinajstić information content (AvgIpc) is 2.64. The number of nitrogens with zero attached hydrogens (tertiary/aromatic N) is 4. The molecule has 31 heteroatoms. The molecule has 206 valence electrons. The Hall–Kier alpha value is -1.51. The number of anilines is 3. The summed E-state index contributed by atoms with van der Waals surface area (Å²) in [7, 11) is -22.5. The van der Waals surface area contributed by atoms with E-state index in [2.05, 4.69) is 42.1 Å². The first kappa shape index (κ1) is 35.5. The molecule has 6 unspecified atom stereocenters. The van der Waals surface area contributed by atoms with E-state index in [0.29, 0.717) is 0 Å². The van der Waals surface area contributed by atoms with Crippen molar-refractivity contribution in [3.8, 4) is 0 Å². The van der Waals surface area contributed by atoms with Crippen LogP contribution < -0.4 is 17.2 Å². The normalized spacial score (nSPS) is 16.0. The second-order valence-corrected chi connectivity index (χ2v) is 8.96. The minimum atomic E-state index is -3.75. The van der Waals surface area contributed by atoms with Crippen LogP contribution in [0.2, 0.25) is 0 Å². The fourth-order valence-electron chi connectivity index (χ4n) is 1.57. The standard InChI is InChI=1S/C3H6N6.C3H3NO18P6/c4-1-7-2(5)9-3(6)8-1;5-23(6)17-1(18-24(7)8)4(2(19-25(9)10)20-26(11)12)3(21-27(13)14)22-28(15)16/h(H6,4,5,6,7,8,9);1-3H/p+6. The molecule has 37 heavy (non-hydrogen) atoms. The van der Waals surface area contributed by atoms with Gasteiger partial charge < -0.3 is 17.2 Å². The van der Waals surface area contributed by atoms with Crippen molar-refractivity contribution in [2.75, 3.05) is 17.2 Å². The predicted octanol–water partition coefficient (Wildman–Crippen LogP) is -1.24. The maximum atomic E-state index is 10.9. The van der Waals surface area contributed by atoms with Crippen LogP contribution >= 0.6 is 49.5 Å². The summed E-state index contributed by atoms with van der Waals surface area (Å²) < 4.78 is 89.9. The number of nitrogens with two attached hydrogens (primary N) is 3. The van der Waals surface area contributed by atoms with Gasteiger partial charge in [-0.1, -0.05) is 27.1 Å². The van der Waals surface area contributed by atoms with Crippen molar-refractivity contribution in [2.45, 2.75) is 19.2 Å². The summed E-state index contributed by atoms with van der Waals surface area (Å²) in [6.45, 7) is 0. The molecule has 0 aliphatic heterocycles. The van der Waals surface area contributed by atoms with Gasteiger partial charge in [0.25, 0.3) is 0 Å². The highest BCUT2D eigenvalue weighted by molar-refractivity contribution is 7.33. The van der Waals surface area contributed by atoms with E-state index >= 15 is 0 Å². The Morgan fingerprint density at radius 3 is 0.784 bits per heavy atom. The molecule has 0 radical (unpaired) electrons. The highest BCUT2D eigenvalue weighted by Gasteiger charge is 2.56. The Morgan fingerprint density at radius 1 is 0.486 bits per heavy atom. The first-order valence-electron chi connectivity index (χ1n) is 7.79. The van der Waals surface area contributed by atoms with Gasteiger partial charge in [0.15, 0.2) is 0 Å². The Labute approximate surface area is 208 Å². The van der Waals surface area contributed by atoms with Crippen molar-refractivity contribution >= 4 is 67.4 Å². The van der Waals surface area contributed by atoms with Crippen LogP contribution in [0.3, 0.4) is 0 Å². The molecule has 0 saturated carbocycles. The predicted molar refractivity (Wildman–Crippen MR) is 112 cm³/mol. The SMILES string of the molecule is Nc1nc(N)nc(N)n1.O=[P+](O)OC(O[P+](=O)O)N(C(O[P+](=O)O)O[P+](=O)O)C(O[P+](=O)O)O[P+](=O)O. The third kappa shape index (κ3) is 16.8. The van der Waals surface area contributed by atoms with E-state index in [1.807, 2.05) is 0 Å². The van der Waals surface area contributed by atoms with Crippen molar-refractivity contribution in [1.29, 1.82) is 0 Å². The van der Waals surface area contributed by atoms with Gasteiger partial charge in [0.1, 0.15) is 0 Å². The van der Waals surface area contributed by atoms with Crippen LogP contribution in [-0.2, 0) is 54.5 Å². The Morgan fingerprint density at radius 2 is 0.649 bits per heavy atom. The summed E-state index contributed by atoms with van der Waals surface area (Å²) in [5.41, 5.74) is 15.4. The summed E-state index contributed by atoms with van der Waals surface area (Å²) >= 11 is 0. The highest BCUT2D eigenvalue weighted by atomic mass is 31.1. The monoisotopic (exact) mass is 659 g/mol. The summed E-state index contributed by atoms with van der Waals surface area (Å²) in [6, 6.07) is 0. The van der Waals surface area contributed by atoms with Crippen LogP contribution in [0.5, 0.6) is 0 Å². The number of hydrogen-bond acceptors (Lipinski definition) is 19. The maximum Gasteiger partial charge on any atom is 0.699 e. The van der Waals surface area contributed by atoms with E-state index in [0.717, 1.165) is 0 Å². The summed E-state index contributed by atoms with van der Waals surface area (Å²) in [6.07, 6.45) is -8.40. The smallest absolute Gasteiger partial charge is 0.368 e. The van der Waals surface area contributed by atoms with Gasteiger partial charge in [0.05, 0.1) is 0 Å². The molecule has 25 nitrogen and oxygen atoms in total. The van der Waals surface area contributed by atoms with Crippen LogP contribution in [-0.4, -0.2) is 68.5 Å². The number of hydrogen-bond donors (Lipinski definition) is 9. The van der Waals surface area contributed by atoms with Gasteiger partial charge >= 0.3 is 68.8 Å². The first-order chi connectivity index (χ1) is 17.0. The molecular formula is C6H15N7O18P6+6. The van der Waals surface area contributed by atoms with Crippen molar-refractivity contribution in [3.05, 3.63) is 0 Å². The molecule has 0 spiro atoms. The molecule has 1 aromatic rings. The molecule has 6 atom stereocenters. The molecular weight excluding hydrogens is 644 g/mol. The minimum absolute atomic E-state index is 0.0417. The lowest BCUT2D eigenvalue weighted by Gasteiger charge is -2.24. The largest absolute Gasteiger partial charge is 0.699 e. The van der Waals surface area contributed by atoms with Crippen molar-refractivity contribution < 1.29 is 83.9 Å². The average molecular weight is 659 g/mol. The van der Waals surface area contributed by atoms with E-state index in [4.69, 9.17) is 46.6 Å². The van der Waals surface area contributed by atoms with Crippen molar-refractivity contribution in [1.82, 2.24) is 19.9 Å². The Bertz CT molecular complexity index is 833. The van der Waals surface area contributed by atoms with Crippen LogP contribution in [0.4, 0.5) is 17.8 Å². The molecule has 1 aromatic heterocycles. The molecule has 1 heterocycles. The lowest BCUT2D eigenvalue weighted by molar-refractivity contribution is -0.304. The zero-order valence-corrected chi connectivity index (χ0v) is 22.4. The first-order valence-corrected chi connectivity index (χ1v) is 14.6. The van der Waals surface area contributed by atoms with Crippen molar-refractivity contribution in [3.63, 3.8) is 0 Å². The summed E-state index contributed by atoms with van der Waals surface area (Å²) in [4.78, 5) is 62.9. The molecule has 0 saturated heterocycles. The second kappa shape index (κ2) is 17.9. The molecule has 0 bridgehead atoms. The Balaban J connectivity index is 0.00000120. The zero-order valence-electron chi connectivity index (χ0n) is 17.0. The molecule has 0 amide bonds. The molecule has 0 aromatic carbocycles. The molecule has 1 rings (SSSR count). The topological polar surface area (TPSA) is 399 Å². The molecule has 0 aliphatic rings. The van der Waals surface area contributed by atoms with Gasteiger partial charge in [-0.2, -0.15) is 15.0 Å². The van der Waals surface area contributed by atoms with E-state index in [9.17, 15) is 27.4 Å². The van der Waals surface area contributed by atoms with E-state index < -0.39 is 68.8 Å². The van der Waals surface area contributed by atoms with E-state index in [1.165, 1.54) is 0 Å². The molecule has 12 N–H and O–H groups in total. The van der Waals surface area contributed by atoms with Crippen LogP contribution in [0, 0.1) is 0 Å². The highest BCUT2D eigenvalue weighted by Crippen LogP contribution is 2.39. The third-order valence-corrected chi connectivity index (χ3v) is 4.66.